The van der Waals surface area contributed by atoms with Crippen LogP contribution in [0.1, 0.15) is 31.4 Å². The van der Waals surface area contributed by atoms with Gasteiger partial charge in [0.15, 0.2) is 0 Å². The molecule has 0 bridgehead atoms. The minimum atomic E-state index is -0.194. The molecule has 0 radical (unpaired) electrons. The van der Waals surface area contributed by atoms with E-state index < -0.39 is 0 Å². The quantitative estimate of drug-likeness (QED) is 0.827. The highest BCUT2D eigenvalue weighted by atomic mass is 16.2. The fraction of sp³-hybridized carbons (Fsp3) is 0.438. The van der Waals surface area contributed by atoms with Crippen molar-refractivity contribution in [3.05, 3.63) is 35.9 Å². The molecule has 4 heteroatoms. The van der Waals surface area contributed by atoms with Gasteiger partial charge in [-0.1, -0.05) is 25.1 Å². The van der Waals surface area contributed by atoms with Crippen molar-refractivity contribution < 1.29 is 4.79 Å². The second kappa shape index (κ2) is 5.67. The van der Waals surface area contributed by atoms with Gasteiger partial charge in [0.25, 0.3) is 0 Å². The van der Waals surface area contributed by atoms with E-state index in [1.807, 2.05) is 0 Å². The number of amides is 1. The maximum Gasteiger partial charge on any atom is 0.246 e. The van der Waals surface area contributed by atoms with Gasteiger partial charge in [-0.15, -0.1) is 0 Å². The number of nitrogens with one attached hydrogen (secondary N) is 2. The summed E-state index contributed by atoms with van der Waals surface area (Å²) in [6.07, 6.45) is 6.53. The van der Waals surface area contributed by atoms with Crippen molar-refractivity contribution in [1.29, 1.82) is 0 Å². The average molecular weight is 271 g/mol. The van der Waals surface area contributed by atoms with Crippen LogP contribution in [0, 0.1) is 0 Å². The summed E-state index contributed by atoms with van der Waals surface area (Å²) >= 11 is 0. The van der Waals surface area contributed by atoms with E-state index in [1.165, 1.54) is 5.69 Å². The van der Waals surface area contributed by atoms with Crippen molar-refractivity contribution in [2.24, 2.45) is 0 Å². The number of anilines is 2. The lowest BCUT2D eigenvalue weighted by molar-refractivity contribution is -0.117. The molecule has 4 nitrogen and oxygen atoms in total. The average Bonchev–Trinajstić information content (AvgIpc) is 2.80. The Morgan fingerprint density at radius 3 is 3.05 bits per heavy atom. The minimum absolute atomic E-state index is 0.0594. The molecule has 0 saturated carbocycles. The Morgan fingerprint density at radius 1 is 1.40 bits per heavy atom. The molecule has 0 aliphatic carbocycles. The molecular formula is C16H21N3O. The van der Waals surface area contributed by atoms with Crippen LogP contribution in [0.3, 0.4) is 0 Å². The van der Waals surface area contributed by atoms with Crippen molar-refractivity contribution in [2.75, 3.05) is 29.9 Å². The molecule has 1 aromatic carbocycles. The first-order chi connectivity index (χ1) is 9.79. The van der Waals surface area contributed by atoms with Crippen molar-refractivity contribution in [1.82, 2.24) is 5.32 Å². The number of rotatable bonds is 4. The van der Waals surface area contributed by atoms with Crippen molar-refractivity contribution in [3.63, 3.8) is 0 Å². The summed E-state index contributed by atoms with van der Waals surface area (Å²) in [5.41, 5.74) is 3.21. The number of carbonyl (C=O) groups is 1. The largest absolute Gasteiger partial charge is 0.367 e. The van der Waals surface area contributed by atoms with E-state index in [4.69, 9.17) is 0 Å². The molecule has 0 fully saturated rings. The number of benzene rings is 1. The van der Waals surface area contributed by atoms with Gasteiger partial charge in [-0.3, -0.25) is 4.79 Å². The number of fused-ring (bicyclic) bond motifs is 1. The van der Waals surface area contributed by atoms with Gasteiger partial charge in [-0.2, -0.15) is 0 Å². The number of hydrogen-bond acceptors (Lipinski definition) is 3. The lowest BCUT2D eigenvalue weighted by atomic mass is 10.1. The lowest BCUT2D eigenvalue weighted by Gasteiger charge is -2.26. The predicted octanol–water partition coefficient (Wildman–Crippen LogP) is 2.45. The molecule has 2 N–H and O–H groups in total. The molecule has 3 rings (SSSR count). The molecule has 106 valence electrons. The van der Waals surface area contributed by atoms with Crippen LogP contribution >= 0.6 is 0 Å². The summed E-state index contributed by atoms with van der Waals surface area (Å²) in [4.78, 5) is 14.4. The Balaban J connectivity index is 1.82. The Kier molecular flexibility index (Phi) is 3.74. The van der Waals surface area contributed by atoms with Crippen LogP contribution in [0.25, 0.3) is 0 Å². The van der Waals surface area contributed by atoms with Gasteiger partial charge in [-0.25, -0.2) is 0 Å². The molecule has 2 aliphatic heterocycles. The van der Waals surface area contributed by atoms with E-state index >= 15 is 0 Å². The molecule has 1 atom stereocenters. The molecule has 1 amide bonds. The zero-order chi connectivity index (χ0) is 13.9. The number of nitrogens with zero attached hydrogens (tertiary/aromatic N) is 1. The molecule has 2 aliphatic rings. The van der Waals surface area contributed by atoms with E-state index in [0.717, 1.165) is 43.7 Å². The van der Waals surface area contributed by atoms with Gasteiger partial charge in [0.05, 0.1) is 0 Å². The highest BCUT2D eigenvalue weighted by molar-refractivity contribution is 6.03. The topological polar surface area (TPSA) is 44.4 Å². The highest BCUT2D eigenvalue weighted by Gasteiger charge is 2.30. The van der Waals surface area contributed by atoms with Crippen molar-refractivity contribution >= 4 is 17.3 Å². The minimum Gasteiger partial charge on any atom is -0.367 e. The first kappa shape index (κ1) is 13.2. The Hall–Kier alpha value is -1.81. The second-order valence-corrected chi connectivity index (χ2v) is 5.35. The van der Waals surface area contributed by atoms with Crippen LogP contribution < -0.4 is 15.5 Å². The van der Waals surface area contributed by atoms with Crippen LogP contribution in [-0.2, 0) is 4.79 Å². The summed E-state index contributed by atoms with van der Waals surface area (Å²) in [5, 5.41) is 6.29. The smallest absolute Gasteiger partial charge is 0.246 e. The Morgan fingerprint density at radius 2 is 2.30 bits per heavy atom. The summed E-state index contributed by atoms with van der Waals surface area (Å²) < 4.78 is 0. The summed E-state index contributed by atoms with van der Waals surface area (Å²) in [6.45, 7) is 4.95. The summed E-state index contributed by atoms with van der Waals surface area (Å²) in [6, 6.07) is 6.10. The normalized spacial score (nSPS) is 20.9. The molecule has 2 heterocycles. The van der Waals surface area contributed by atoms with Crippen LogP contribution in [0.2, 0.25) is 0 Å². The maximum absolute atomic E-state index is 12.0. The fourth-order valence-corrected chi connectivity index (χ4v) is 2.81. The van der Waals surface area contributed by atoms with Gasteiger partial charge in [0.2, 0.25) is 5.91 Å². The second-order valence-electron chi connectivity index (χ2n) is 5.35. The zero-order valence-electron chi connectivity index (χ0n) is 11.9. The third kappa shape index (κ3) is 2.43. The maximum atomic E-state index is 12.0. The molecule has 1 aromatic rings. The third-order valence-corrected chi connectivity index (χ3v) is 3.89. The van der Waals surface area contributed by atoms with Gasteiger partial charge in [0, 0.05) is 30.0 Å². The van der Waals surface area contributed by atoms with E-state index in [9.17, 15) is 4.79 Å². The predicted molar refractivity (Wildman–Crippen MR) is 82.1 cm³/mol. The summed E-state index contributed by atoms with van der Waals surface area (Å²) in [5.74, 6) is 0.0594. The van der Waals surface area contributed by atoms with Crippen LogP contribution in [0.15, 0.2) is 30.4 Å². The molecule has 0 spiro atoms. The number of hydrogen-bond donors (Lipinski definition) is 2. The van der Waals surface area contributed by atoms with Crippen LogP contribution in [-0.4, -0.2) is 25.5 Å². The van der Waals surface area contributed by atoms with E-state index in [-0.39, 0.29) is 11.9 Å². The van der Waals surface area contributed by atoms with Gasteiger partial charge >= 0.3 is 0 Å². The Bertz CT molecular complexity index is 539. The van der Waals surface area contributed by atoms with E-state index in [1.54, 1.807) is 0 Å². The molecule has 20 heavy (non-hydrogen) atoms. The van der Waals surface area contributed by atoms with Crippen molar-refractivity contribution in [3.8, 4) is 0 Å². The number of carbonyl (C=O) groups excluding carboxylic acids is 1. The van der Waals surface area contributed by atoms with Gasteiger partial charge in [-0.05, 0) is 31.5 Å². The third-order valence-electron chi connectivity index (χ3n) is 3.89. The van der Waals surface area contributed by atoms with Gasteiger partial charge < -0.3 is 15.5 Å². The molecule has 0 saturated heterocycles. The first-order valence-electron chi connectivity index (χ1n) is 7.37. The molecule has 1 unspecified atom stereocenters. The standard InChI is InChI=1S/C16H21N3O/c1-2-8-17-15-13-7-6-12(11-14(13)18-16(15)20)19-9-4-3-5-10-19/h3-4,6-7,11,15,17H,2,5,8-10H2,1H3,(H,18,20). The molecular weight excluding hydrogens is 250 g/mol. The van der Waals surface area contributed by atoms with Crippen LogP contribution in [0.4, 0.5) is 11.4 Å². The fourth-order valence-electron chi connectivity index (χ4n) is 2.81. The van der Waals surface area contributed by atoms with Crippen LogP contribution in [0.5, 0.6) is 0 Å². The highest BCUT2D eigenvalue weighted by Crippen LogP contribution is 2.34. The SMILES string of the molecule is CCCNC1C(=O)Nc2cc(N3CC=CCC3)ccc21. The summed E-state index contributed by atoms with van der Waals surface area (Å²) in [7, 11) is 0. The van der Waals surface area contributed by atoms with Crippen molar-refractivity contribution in [2.45, 2.75) is 25.8 Å². The monoisotopic (exact) mass is 271 g/mol. The zero-order valence-corrected chi connectivity index (χ0v) is 11.9. The first-order valence-corrected chi connectivity index (χ1v) is 7.37. The van der Waals surface area contributed by atoms with Gasteiger partial charge in [0.1, 0.15) is 6.04 Å². The van der Waals surface area contributed by atoms with E-state index in [2.05, 4.69) is 52.8 Å². The lowest BCUT2D eigenvalue weighted by Crippen LogP contribution is -2.28. The molecule has 0 aromatic heterocycles. The van der Waals surface area contributed by atoms with E-state index in [0.29, 0.717) is 0 Å². The Labute approximate surface area is 119 Å².